The van der Waals surface area contributed by atoms with Gasteiger partial charge in [0, 0.05) is 6.42 Å². The van der Waals surface area contributed by atoms with Gasteiger partial charge in [-0.3, -0.25) is 9.36 Å². The van der Waals surface area contributed by atoms with Gasteiger partial charge < -0.3 is 28.8 Å². The number of hydrogen-bond donors (Lipinski definition) is 2. The fourth-order valence-corrected chi connectivity index (χ4v) is 11.0. The monoisotopic (exact) mass is 1190 g/mol. The number of nitrogens with zero attached hydrogens (tertiary/aromatic N) is 1. The molecule has 0 spiro atoms. The number of hydrogen-bond acceptors (Lipinski definition) is 6. The van der Waals surface area contributed by atoms with Crippen LogP contribution in [-0.4, -0.2) is 68.5 Å². The maximum absolute atomic E-state index is 13.0. The first kappa shape index (κ1) is 81.4. The molecule has 488 valence electrons. The minimum atomic E-state index is -4.61. The zero-order valence-corrected chi connectivity index (χ0v) is 56.7. The number of carbonyl (C=O) groups excluding carboxylic acids is 1. The predicted octanol–water partition coefficient (Wildman–Crippen LogP) is 22.3. The number of carbonyl (C=O) groups is 1. The lowest BCUT2D eigenvalue weighted by Crippen LogP contribution is -2.45. The molecule has 3 unspecified atom stereocenters. The molecule has 0 heterocycles. The number of nitrogens with one attached hydrogen (secondary N) is 1. The van der Waals surface area contributed by atoms with Gasteiger partial charge >= 0.3 is 0 Å². The molecule has 0 aromatic carbocycles. The molecule has 0 fully saturated rings. The average Bonchev–Trinajstić information content (AvgIpc) is 3.56. The third kappa shape index (κ3) is 66.9. The summed E-state index contributed by atoms with van der Waals surface area (Å²) in [6.45, 7) is 4.56. The highest BCUT2D eigenvalue weighted by atomic mass is 31.2. The number of aliphatic hydroxyl groups is 1. The first-order valence-electron chi connectivity index (χ1n) is 35.6. The van der Waals surface area contributed by atoms with Gasteiger partial charge in [-0.05, 0) is 77.0 Å². The van der Waals surface area contributed by atoms with Crippen LogP contribution in [0.5, 0.6) is 0 Å². The summed E-state index contributed by atoms with van der Waals surface area (Å²) in [5.41, 5.74) is 0. The topological polar surface area (TPSA) is 108 Å². The van der Waals surface area contributed by atoms with Gasteiger partial charge in [0.25, 0.3) is 7.82 Å². The molecule has 0 aliphatic heterocycles. The Hall–Kier alpha value is -2.58. The lowest BCUT2D eigenvalue weighted by atomic mass is 10.0. The Balaban J connectivity index is 4.11. The molecule has 9 heteroatoms. The second-order valence-corrected chi connectivity index (χ2v) is 26.6. The zero-order valence-electron chi connectivity index (χ0n) is 55.8. The van der Waals surface area contributed by atoms with Crippen molar-refractivity contribution in [3.63, 3.8) is 0 Å². The predicted molar refractivity (Wildman–Crippen MR) is 366 cm³/mol. The van der Waals surface area contributed by atoms with Crippen LogP contribution in [0, 0.1) is 0 Å². The molecular formula is C75H137N2O6P. The van der Waals surface area contributed by atoms with Crippen molar-refractivity contribution in [3.05, 3.63) is 97.2 Å². The van der Waals surface area contributed by atoms with Crippen LogP contribution in [-0.2, 0) is 18.4 Å². The lowest BCUT2D eigenvalue weighted by molar-refractivity contribution is -0.870. The van der Waals surface area contributed by atoms with Gasteiger partial charge in [0.2, 0.25) is 5.91 Å². The fourth-order valence-electron chi connectivity index (χ4n) is 10.3. The van der Waals surface area contributed by atoms with Crippen LogP contribution in [0.2, 0.25) is 0 Å². The van der Waals surface area contributed by atoms with Crippen LogP contribution in [0.1, 0.15) is 322 Å². The summed E-state index contributed by atoms with van der Waals surface area (Å²) in [4.78, 5) is 25.6. The summed E-state index contributed by atoms with van der Waals surface area (Å²) in [5, 5.41) is 14.0. The number of unbranched alkanes of at least 4 members (excludes halogenated alkanes) is 38. The van der Waals surface area contributed by atoms with E-state index < -0.39 is 20.0 Å². The molecule has 0 saturated heterocycles. The van der Waals surface area contributed by atoms with E-state index in [1.807, 2.05) is 27.2 Å². The molecule has 84 heavy (non-hydrogen) atoms. The van der Waals surface area contributed by atoms with Crippen molar-refractivity contribution in [1.29, 1.82) is 0 Å². The summed E-state index contributed by atoms with van der Waals surface area (Å²) >= 11 is 0. The van der Waals surface area contributed by atoms with E-state index >= 15 is 0 Å². The Morgan fingerprint density at radius 3 is 1.06 bits per heavy atom. The maximum Gasteiger partial charge on any atom is 0.268 e. The molecular weight excluding hydrogens is 1060 g/mol. The van der Waals surface area contributed by atoms with Crippen molar-refractivity contribution in [1.82, 2.24) is 5.32 Å². The molecule has 0 bridgehead atoms. The van der Waals surface area contributed by atoms with Crippen molar-refractivity contribution in [2.45, 2.75) is 334 Å². The molecule has 2 N–H and O–H groups in total. The number of quaternary nitrogens is 1. The Bertz CT molecular complexity index is 1690. The highest BCUT2D eigenvalue weighted by Gasteiger charge is 2.23. The van der Waals surface area contributed by atoms with E-state index in [4.69, 9.17) is 9.05 Å². The van der Waals surface area contributed by atoms with Crippen molar-refractivity contribution in [2.24, 2.45) is 0 Å². The number of phosphoric acid groups is 1. The van der Waals surface area contributed by atoms with Gasteiger partial charge in [-0.2, -0.15) is 0 Å². The molecule has 0 saturated carbocycles. The van der Waals surface area contributed by atoms with E-state index in [0.717, 1.165) is 89.9 Å². The van der Waals surface area contributed by atoms with Gasteiger partial charge in [0.05, 0.1) is 39.9 Å². The Kier molecular flexibility index (Phi) is 62.9. The van der Waals surface area contributed by atoms with Crippen LogP contribution < -0.4 is 10.2 Å². The van der Waals surface area contributed by atoms with Crippen molar-refractivity contribution in [3.8, 4) is 0 Å². The molecule has 0 aromatic heterocycles. The van der Waals surface area contributed by atoms with E-state index in [-0.39, 0.29) is 19.1 Å². The first-order chi connectivity index (χ1) is 41.0. The minimum Gasteiger partial charge on any atom is -0.756 e. The van der Waals surface area contributed by atoms with Crippen molar-refractivity contribution in [2.75, 3.05) is 40.9 Å². The van der Waals surface area contributed by atoms with Gasteiger partial charge in [-0.1, -0.05) is 336 Å². The van der Waals surface area contributed by atoms with Gasteiger partial charge in [0.1, 0.15) is 13.2 Å². The van der Waals surface area contributed by atoms with Crippen molar-refractivity contribution >= 4 is 13.7 Å². The van der Waals surface area contributed by atoms with Gasteiger partial charge in [-0.15, -0.1) is 0 Å². The number of likely N-dealkylation sites (N-methyl/N-ethyl adjacent to an activating group) is 1. The lowest BCUT2D eigenvalue weighted by Gasteiger charge is -2.29. The normalized spacial score (nSPS) is 14.2. The molecule has 1 amide bonds. The Morgan fingerprint density at radius 1 is 0.429 bits per heavy atom. The maximum atomic E-state index is 13.0. The highest BCUT2D eigenvalue weighted by molar-refractivity contribution is 7.45. The quantitative estimate of drug-likeness (QED) is 0.0272. The zero-order chi connectivity index (χ0) is 61.2. The molecule has 0 rings (SSSR count). The van der Waals surface area contributed by atoms with Crippen molar-refractivity contribution < 1.29 is 32.9 Å². The number of rotatable bonds is 65. The standard InChI is InChI=1S/C75H137N2O6P/c1-6-8-10-12-14-16-18-20-22-24-26-28-30-32-34-36-38-40-42-44-46-48-50-52-54-56-58-60-62-64-66-68-74(78)73(72-83-84(80,81)82-71-70-77(3,4)5)76-75(79)69-67-65-63-61-59-57-55-53-51-49-47-45-43-41-39-37-35-33-31-29-27-25-23-21-19-17-15-13-11-9-7-2/h9,11,15,17,21,23,27,29,33,35,39,41,45,47,66,68,73-74,78H,6-8,10,12-14,16,18-20,22,24-26,28,30-32,34,36-38,40,42-44,46,48-65,67,69-72H2,1-5H3,(H-,76,79,80,81)/b11-9-,17-15-,23-21-,29-27-,35-33-,41-39-,47-45-,68-66+. The number of amides is 1. The van der Waals surface area contributed by atoms with E-state index in [9.17, 15) is 19.4 Å². The number of phosphoric ester groups is 1. The van der Waals surface area contributed by atoms with Crippen LogP contribution in [0.3, 0.4) is 0 Å². The smallest absolute Gasteiger partial charge is 0.268 e. The minimum absolute atomic E-state index is 0.00607. The fraction of sp³-hybridized carbons (Fsp3) is 0.773. The van der Waals surface area contributed by atoms with Crippen LogP contribution in [0.25, 0.3) is 0 Å². The number of allylic oxidation sites excluding steroid dienone is 15. The summed E-state index contributed by atoms with van der Waals surface area (Å²) < 4.78 is 23.5. The molecule has 0 aliphatic carbocycles. The third-order valence-electron chi connectivity index (χ3n) is 15.8. The summed E-state index contributed by atoms with van der Waals surface area (Å²) in [6.07, 6.45) is 93.8. The summed E-state index contributed by atoms with van der Waals surface area (Å²) in [6, 6.07) is -0.898. The van der Waals surface area contributed by atoms with E-state index in [1.165, 1.54) is 212 Å². The van der Waals surface area contributed by atoms with Gasteiger partial charge in [-0.25, -0.2) is 0 Å². The summed E-state index contributed by atoms with van der Waals surface area (Å²) in [7, 11) is 1.25. The van der Waals surface area contributed by atoms with Crippen LogP contribution in [0.15, 0.2) is 97.2 Å². The Morgan fingerprint density at radius 2 is 0.726 bits per heavy atom. The molecule has 8 nitrogen and oxygen atoms in total. The highest BCUT2D eigenvalue weighted by Crippen LogP contribution is 2.38. The van der Waals surface area contributed by atoms with E-state index in [0.29, 0.717) is 17.4 Å². The largest absolute Gasteiger partial charge is 0.756 e. The molecule has 0 radical (unpaired) electrons. The summed E-state index contributed by atoms with van der Waals surface area (Å²) in [5.74, 6) is -0.204. The number of aliphatic hydroxyl groups excluding tert-OH is 1. The SMILES string of the molecule is CC/C=C\C/C=C\C/C=C\C/C=C\C/C=C\C/C=C\C/C=C\CCCCCCCCCCCC(=O)NC(COP(=O)([O-])OCC[N+](C)(C)C)C(O)/C=C/CCCCCCCCCCCCCCCCCCCCCCCCCCCCCCC. The first-order valence-corrected chi connectivity index (χ1v) is 37.1. The molecule has 0 aliphatic rings. The van der Waals surface area contributed by atoms with Crippen LogP contribution >= 0.6 is 7.82 Å². The van der Waals surface area contributed by atoms with E-state index in [1.54, 1.807) is 6.08 Å². The Labute approximate surface area is 521 Å². The van der Waals surface area contributed by atoms with Crippen LogP contribution in [0.4, 0.5) is 0 Å². The second-order valence-electron chi connectivity index (χ2n) is 25.2. The average molecular weight is 1190 g/mol. The second kappa shape index (κ2) is 64.9. The van der Waals surface area contributed by atoms with E-state index in [2.05, 4.69) is 104 Å². The van der Waals surface area contributed by atoms with Gasteiger partial charge in [0.15, 0.2) is 0 Å². The third-order valence-corrected chi connectivity index (χ3v) is 16.8. The molecule has 0 aromatic rings. The molecule has 3 atom stereocenters.